The predicted molar refractivity (Wildman–Crippen MR) is 113 cm³/mol. The topological polar surface area (TPSA) is 92.7 Å². The number of benzene rings is 2. The standard InChI is InChI=1S/C15H18F3NO2.C7H8O3S/c1-2-21-14(20)13-8-7-12(19-13)9-10-3-5-11(6-4-10)15(16,17)18;1-6-2-4-7(5-3-6)11(8,9)10/h3-6,12-13,19H,2,7-9H2,1H3;2-5H,1H3,(H,8,9,10)/t12-,13+;/m0./s1. The second kappa shape index (κ2) is 10.9. The van der Waals surface area contributed by atoms with Crippen LogP contribution in [0.25, 0.3) is 0 Å². The third-order valence-corrected chi connectivity index (χ3v) is 5.76. The minimum absolute atomic E-state index is 0.0666. The summed E-state index contributed by atoms with van der Waals surface area (Å²) in [7, 11) is -4.02. The number of halogens is 3. The van der Waals surface area contributed by atoms with Crippen molar-refractivity contribution in [1.29, 1.82) is 0 Å². The molecule has 1 aliphatic heterocycles. The Labute approximate surface area is 185 Å². The third kappa shape index (κ3) is 7.92. The van der Waals surface area contributed by atoms with Crippen LogP contribution in [0.2, 0.25) is 0 Å². The number of hydrogen-bond donors (Lipinski definition) is 2. The maximum atomic E-state index is 12.5. The molecule has 2 aromatic carbocycles. The summed E-state index contributed by atoms with van der Waals surface area (Å²) < 4.78 is 71.9. The van der Waals surface area contributed by atoms with Crippen molar-refractivity contribution >= 4 is 16.1 Å². The average molecular weight is 474 g/mol. The number of rotatable bonds is 5. The molecule has 1 heterocycles. The fourth-order valence-corrected chi connectivity index (χ4v) is 3.71. The molecular weight excluding hydrogens is 447 g/mol. The number of alkyl halides is 3. The Morgan fingerprint density at radius 2 is 1.69 bits per heavy atom. The molecule has 1 saturated heterocycles. The molecule has 2 N–H and O–H groups in total. The number of nitrogens with one attached hydrogen (secondary N) is 1. The molecule has 0 unspecified atom stereocenters. The van der Waals surface area contributed by atoms with E-state index in [0.29, 0.717) is 19.4 Å². The van der Waals surface area contributed by atoms with E-state index in [1.165, 1.54) is 24.3 Å². The SMILES string of the molecule is CCOC(=O)[C@H]1CC[C@@H](Cc2ccc(C(F)(F)F)cc2)N1.Cc1ccc(S(=O)(=O)O)cc1. The van der Waals surface area contributed by atoms with E-state index < -0.39 is 21.9 Å². The van der Waals surface area contributed by atoms with Gasteiger partial charge in [-0.05, 0) is 62.9 Å². The second-order valence-electron chi connectivity index (χ2n) is 7.43. The van der Waals surface area contributed by atoms with E-state index in [1.54, 1.807) is 19.1 Å². The summed E-state index contributed by atoms with van der Waals surface area (Å²) in [5.41, 5.74) is 1.14. The largest absolute Gasteiger partial charge is 0.465 e. The molecule has 176 valence electrons. The van der Waals surface area contributed by atoms with E-state index in [9.17, 15) is 26.4 Å². The van der Waals surface area contributed by atoms with Crippen molar-refractivity contribution in [2.24, 2.45) is 0 Å². The molecule has 0 bridgehead atoms. The van der Waals surface area contributed by atoms with E-state index in [1.807, 2.05) is 6.92 Å². The van der Waals surface area contributed by atoms with Gasteiger partial charge in [-0.3, -0.25) is 9.35 Å². The summed E-state index contributed by atoms with van der Waals surface area (Å²) in [5.74, 6) is -0.257. The van der Waals surface area contributed by atoms with E-state index in [-0.39, 0.29) is 22.9 Å². The summed E-state index contributed by atoms with van der Waals surface area (Å²) in [4.78, 5) is 11.5. The summed E-state index contributed by atoms with van der Waals surface area (Å²) in [6.07, 6.45) is -2.19. The van der Waals surface area contributed by atoms with Crippen LogP contribution in [0.4, 0.5) is 13.2 Å². The molecule has 6 nitrogen and oxygen atoms in total. The highest BCUT2D eigenvalue weighted by molar-refractivity contribution is 7.85. The molecule has 0 radical (unpaired) electrons. The molecule has 1 aliphatic rings. The number of hydrogen-bond acceptors (Lipinski definition) is 5. The number of aryl methyl sites for hydroxylation is 1. The van der Waals surface area contributed by atoms with Crippen LogP contribution in [-0.4, -0.2) is 37.6 Å². The van der Waals surface area contributed by atoms with Crippen molar-refractivity contribution in [2.45, 2.75) is 56.3 Å². The Balaban J connectivity index is 0.000000278. The fourth-order valence-electron chi connectivity index (χ4n) is 3.23. The average Bonchev–Trinajstić information content (AvgIpc) is 3.17. The van der Waals surface area contributed by atoms with Gasteiger partial charge < -0.3 is 10.1 Å². The molecular formula is C22H26F3NO5S. The quantitative estimate of drug-likeness (QED) is 0.500. The minimum atomic E-state index is -4.31. The maximum absolute atomic E-state index is 12.5. The van der Waals surface area contributed by atoms with Crippen LogP contribution in [0.1, 0.15) is 36.5 Å². The lowest BCUT2D eigenvalue weighted by atomic mass is 10.0. The highest BCUT2D eigenvalue weighted by Crippen LogP contribution is 2.29. The zero-order valence-electron chi connectivity index (χ0n) is 17.7. The lowest BCUT2D eigenvalue weighted by molar-refractivity contribution is -0.145. The van der Waals surface area contributed by atoms with Gasteiger partial charge in [-0.2, -0.15) is 21.6 Å². The van der Waals surface area contributed by atoms with E-state index in [0.717, 1.165) is 29.7 Å². The van der Waals surface area contributed by atoms with Crippen molar-refractivity contribution in [3.8, 4) is 0 Å². The van der Waals surface area contributed by atoms with Crippen LogP contribution in [0.5, 0.6) is 0 Å². The maximum Gasteiger partial charge on any atom is 0.416 e. The zero-order chi connectivity index (χ0) is 23.9. The van der Waals surface area contributed by atoms with Gasteiger partial charge in [0.05, 0.1) is 17.1 Å². The fraction of sp³-hybridized carbons (Fsp3) is 0.409. The lowest BCUT2D eigenvalue weighted by Crippen LogP contribution is -2.37. The second-order valence-corrected chi connectivity index (χ2v) is 8.85. The molecule has 2 aromatic rings. The molecule has 0 aromatic heterocycles. The molecule has 0 saturated carbocycles. The first kappa shape index (κ1) is 25.8. The first-order valence-electron chi connectivity index (χ1n) is 10.0. The van der Waals surface area contributed by atoms with Crippen LogP contribution in [0, 0.1) is 6.92 Å². The molecule has 0 amide bonds. The van der Waals surface area contributed by atoms with Gasteiger partial charge in [-0.1, -0.05) is 29.8 Å². The van der Waals surface area contributed by atoms with E-state index >= 15 is 0 Å². The van der Waals surface area contributed by atoms with E-state index in [2.05, 4.69) is 5.32 Å². The van der Waals surface area contributed by atoms with Crippen LogP contribution in [-0.2, 0) is 32.2 Å². The molecule has 0 aliphatic carbocycles. The number of carbonyl (C=O) groups excluding carboxylic acids is 1. The van der Waals surface area contributed by atoms with Crippen molar-refractivity contribution < 1.29 is 35.7 Å². The summed E-state index contributed by atoms with van der Waals surface area (Å²) >= 11 is 0. The molecule has 10 heteroatoms. The highest BCUT2D eigenvalue weighted by atomic mass is 32.2. The molecule has 32 heavy (non-hydrogen) atoms. The van der Waals surface area contributed by atoms with Gasteiger partial charge in [0, 0.05) is 6.04 Å². The van der Waals surface area contributed by atoms with Gasteiger partial charge >= 0.3 is 12.1 Å². The molecule has 2 atom stereocenters. The van der Waals surface area contributed by atoms with Crippen molar-refractivity contribution in [3.05, 3.63) is 65.2 Å². The number of esters is 1. The van der Waals surface area contributed by atoms with Gasteiger partial charge in [0.25, 0.3) is 10.1 Å². The van der Waals surface area contributed by atoms with Crippen molar-refractivity contribution in [3.63, 3.8) is 0 Å². The first-order chi connectivity index (χ1) is 14.9. The Kier molecular flexibility index (Phi) is 8.82. The summed E-state index contributed by atoms with van der Waals surface area (Å²) in [6, 6.07) is 10.9. The molecule has 1 fully saturated rings. The predicted octanol–water partition coefficient (Wildman–Crippen LogP) is 4.17. The summed E-state index contributed by atoms with van der Waals surface area (Å²) in [5, 5.41) is 3.17. The third-order valence-electron chi connectivity index (χ3n) is 4.89. The van der Waals surface area contributed by atoms with E-state index in [4.69, 9.17) is 9.29 Å². The van der Waals surface area contributed by atoms with Gasteiger partial charge in [-0.15, -0.1) is 0 Å². The van der Waals surface area contributed by atoms with Crippen LogP contribution >= 0.6 is 0 Å². The Morgan fingerprint density at radius 3 is 2.19 bits per heavy atom. The van der Waals surface area contributed by atoms with Crippen molar-refractivity contribution in [1.82, 2.24) is 5.32 Å². The molecule has 3 rings (SSSR count). The Hall–Kier alpha value is -2.43. The van der Waals surface area contributed by atoms with Gasteiger partial charge in [-0.25, -0.2) is 0 Å². The van der Waals surface area contributed by atoms with Crippen LogP contribution < -0.4 is 5.32 Å². The monoisotopic (exact) mass is 473 g/mol. The number of carbonyl (C=O) groups is 1. The first-order valence-corrected chi connectivity index (χ1v) is 11.5. The van der Waals surface area contributed by atoms with Gasteiger partial charge in [0.15, 0.2) is 0 Å². The zero-order valence-corrected chi connectivity index (χ0v) is 18.5. The van der Waals surface area contributed by atoms with Gasteiger partial charge in [0.1, 0.15) is 6.04 Å². The Bertz CT molecular complexity index is 990. The normalized spacial score (nSPS) is 18.6. The number of ether oxygens (including phenoxy) is 1. The minimum Gasteiger partial charge on any atom is -0.465 e. The van der Waals surface area contributed by atoms with Crippen LogP contribution in [0.15, 0.2) is 53.4 Å². The van der Waals surface area contributed by atoms with Gasteiger partial charge in [0.2, 0.25) is 0 Å². The summed E-state index contributed by atoms with van der Waals surface area (Å²) in [6.45, 7) is 3.95. The molecule has 0 spiro atoms. The highest BCUT2D eigenvalue weighted by Gasteiger charge is 2.31. The van der Waals surface area contributed by atoms with Crippen LogP contribution in [0.3, 0.4) is 0 Å². The lowest BCUT2D eigenvalue weighted by Gasteiger charge is -2.14. The smallest absolute Gasteiger partial charge is 0.416 e. The van der Waals surface area contributed by atoms with Crippen molar-refractivity contribution in [2.75, 3.05) is 6.61 Å². The Morgan fingerprint density at radius 1 is 1.09 bits per heavy atom.